The zero-order valence-electron chi connectivity index (χ0n) is 17.7. The van der Waals surface area contributed by atoms with Crippen molar-refractivity contribution in [2.45, 2.75) is 30.4 Å². The third-order valence-corrected chi connectivity index (χ3v) is 6.05. The molecule has 0 heterocycles. The molecule has 0 saturated heterocycles. The topological polar surface area (TPSA) is 101 Å². The standard InChI is InChI=1S/C24H23N3O4S/c1-3-22(24(29)25-18-11-13-20(14-12-18)27(30)31)32-21-6-4-5-19(15-21)26-23(28)17-9-7-16(2)8-10-17/h4-15,22H,3H2,1-2H3,(H,25,29)(H,26,28). The number of anilines is 2. The summed E-state index contributed by atoms with van der Waals surface area (Å²) in [4.78, 5) is 36.3. The van der Waals surface area contributed by atoms with Crippen molar-refractivity contribution in [1.29, 1.82) is 0 Å². The van der Waals surface area contributed by atoms with Gasteiger partial charge in [0.2, 0.25) is 5.91 Å². The highest BCUT2D eigenvalue weighted by molar-refractivity contribution is 8.00. The summed E-state index contributed by atoms with van der Waals surface area (Å²) in [6.45, 7) is 3.88. The van der Waals surface area contributed by atoms with E-state index in [-0.39, 0.29) is 22.8 Å². The Morgan fingerprint density at radius 2 is 1.66 bits per heavy atom. The number of nitrogens with one attached hydrogen (secondary N) is 2. The number of benzene rings is 3. The molecule has 3 aromatic rings. The number of nitro groups is 1. The lowest BCUT2D eigenvalue weighted by Crippen LogP contribution is -2.24. The van der Waals surface area contributed by atoms with E-state index >= 15 is 0 Å². The van der Waals surface area contributed by atoms with Crippen molar-refractivity contribution in [3.63, 3.8) is 0 Å². The lowest BCUT2D eigenvalue weighted by molar-refractivity contribution is -0.384. The van der Waals surface area contributed by atoms with Crippen molar-refractivity contribution in [2.24, 2.45) is 0 Å². The molecule has 3 rings (SSSR count). The van der Waals surface area contributed by atoms with Crippen molar-refractivity contribution in [2.75, 3.05) is 10.6 Å². The summed E-state index contributed by atoms with van der Waals surface area (Å²) in [6.07, 6.45) is 0.587. The fraction of sp³-hybridized carbons (Fsp3) is 0.167. The van der Waals surface area contributed by atoms with Gasteiger partial charge in [0.1, 0.15) is 0 Å². The van der Waals surface area contributed by atoms with Crippen molar-refractivity contribution in [3.05, 3.63) is 94.0 Å². The van der Waals surface area contributed by atoms with Crippen LogP contribution >= 0.6 is 11.8 Å². The second-order valence-corrected chi connectivity index (χ2v) is 8.43. The molecule has 0 radical (unpaired) electrons. The van der Waals surface area contributed by atoms with E-state index in [1.54, 1.807) is 18.2 Å². The fourth-order valence-electron chi connectivity index (χ4n) is 2.93. The largest absolute Gasteiger partial charge is 0.325 e. The summed E-state index contributed by atoms with van der Waals surface area (Å²) in [7, 11) is 0. The molecule has 0 spiro atoms. The molecule has 2 amide bonds. The third-order valence-electron chi connectivity index (χ3n) is 4.69. The first-order chi connectivity index (χ1) is 15.4. The van der Waals surface area contributed by atoms with Crippen LogP contribution in [-0.4, -0.2) is 22.0 Å². The number of nitrogens with zero attached hydrogens (tertiary/aromatic N) is 1. The summed E-state index contributed by atoms with van der Waals surface area (Å²) in [5.41, 5.74) is 2.76. The SMILES string of the molecule is CCC(Sc1cccc(NC(=O)c2ccc(C)cc2)c1)C(=O)Nc1ccc([N+](=O)[O-])cc1. The molecule has 0 saturated carbocycles. The first-order valence-corrected chi connectivity index (χ1v) is 10.9. The molecular weight excluding hydrogens is 426 g/mol. The smallest absolute Gasteiger partial charge is 0.269 e. The van der Waals surface area contributed by atoms with Gasteiger partial charge in [0.15, 0.2) is 0 Å². The molecule has 32 heavy (non-hydrogen) atoms. The Hall–Kier alpha value is -3.65. The van der Waals surface area contributed by atoms with Crippen LogP contribution in [0.3, 0.4) is 0 Å². The number of non-ortho nitro benzene ring substituents is 1. The zero-order chi connectivity index (χ0) is 23.1. The lowest BCUT2D eigenvalue weighted by Gasteiger charge is -2.15. The minimum Gasteiger partial charge on any atom is -0.325 e. The Morgan fingerprint density at radius 1 is 0.969 bits per heavy atom. The van der Waals surface area contributed by atoms with E-state index in [0.29, 0.717) is 23.4 Å². The maximum Gasteiger partial charge on any atom is 0.269 e. The highest BCUT2D eigenvalue weighted by Gasteiger charge is 2.19. The molecule has 0 aliphatic carbocycles. The minimum atomic E-state index is -0.485. The molecule has 2 N–H and O–H groups in total. The van der Waals surface area contributed by atoms with Gasteiger partial charge in [-0.15, -0.1) is 11.8 Å². The Kier molecular flexibility index (Phi) is 7.62. The minimum absolute atomic E-state index is 0.0334. The second-order valence-electron chi connectivity index (χ2n) is 7.16. The third kappa shape index (κ3) is 6.18. The molecular formula is C24H23N3O4S. The van der Waals surface area contributed by atoms with Gasteiger partial charge in [-0.2, -0.15) is 0 Å². The monoisotopic (exact) mass is 449 g/mol. The maximum absolute atomic E-state index is 12.7. The lowest BCUT2D eigenvalue weighted by atomic mass is 10.1. The van der Waals surface area contributed by atoms with Crippen molar-refractivity contribution >= 4 is 40.6 Å². The van der Waals surface area contributed by atoms with Crippen LogP contribution in [0.5, 0.6) is 0 Å². The van der Waals surface area contributed by atoms with Crippen LogP contribution in [0.2, 0.25) is 0 Å². The molecule has 8 heteroatoms. The molecule has 0 aromatic heterocycles. The van der Waals surface area contributed by atoms with Gasteiger partial charge in [0.25, 0.3) is 11.6 Å². The number of nitro benzene ring substituents is 1. The first-order valence-electron chi connectivity index (χ1n) is 10.1. The molecule has 3 aromatic carbocycles. The van der Waals surface area contributed by atoms with Gasteiger partial charge in [-0.25, -0.2) is 0 Å². The van der Waals surface area contributed by atoms with E-state index in [2.05, 4.69) is 10.6 Å². The zero-order valence-corrected chi connectivity index (χ0v) is 18.5. The molecule has 164 valence electrons. The summed E-state index contributed by atoms with van der Waals surface area (Å²) < 4.78 is 0. The van der Waals surface area contributed by atoms with Crippen LogP contribution in [-0.2, 0) is 4.79 Å². The van der Waals surface area contributed by atoms with Crippen LogP contribution in [0.25, 0.3) is 0 Å². The highest BCUT2D eigenvalue weighted by atomic mass is 32.2. The summed E-state index contributed by atoms with van der Waals surface area (Å²) >= 11 is 1.39. The predicted octanol–water partition coefficient (Wildman–Crippen LogP) is 5.66. The van der Waals surface area contributed by atoms with Gasteiger partial charge in [0, 0.05) is 34.0 Å². The van der Waals surface area contributed by atoms with Gasteiger partial charge in [-0.1, -0.05) is 30.7 Å². The Bertz CT molecular complexity index is 1110. The average molecular weight is 450 g/mol. The van der Waals surface area contributed by atoms with Crippen LogP contribution < -0.4 is 10.6 Å². The summed E-state index contributed by atoms with van der Waals surface area (Å²) in [5.74, 6) is -0.393. The van der Waals surface area contributed by atoms with E-state index in [0.717, 1.165) is 10.5 Å². The number of rotatable bonds is 8. The molecule has 1 unspecified atom stereocenters. The van der Waals surface area contributed by atoms with Crippen LogP contribution in [0.4, 0.5) is 17.1 Å². The molecule has 0 aliphatic heterocycles. The maximum atomic E-state index is 12.7. The molecule has 0 fully saturated rings. The first kappa shape index (κ1) is 23.0. The molecule has 1 atom stereocenters. The van der Waals surface area contributed by atoms with Gasteiger partial charge >= 0.3 is 0 Å². The second kappa shape index (κ2) is 10.6. The van der Waals surface area contributed by atoms with E-state index in [1.165, 1.54) is 36.0 Å². The molecule has 0 bridgehead atoms. The molecule has 7 nitrogen and oxygen atoms in total. The van der Waals surface area contributed by atoms with Crippen molar-refractivity contribution in [3.8, 4) is 0 Å². The fourth-order valence-corrected chi connectivity index (χ4v) is 3.94. The highest BCUT2D eigenvalue weighted by Crippen LogP contribution is 2.29. The van der Waals surface area contributed by atoms with Crippen molar-refractivity contribution < 1.29 is 14.5 Å². The number of carbonyl (C=O) groups is 2. The average Bonchev–Trinajstić information content (AvgIpc) is 2.78. The van der Waals surface area contributed by atoms with E-state index in [9.17, 15) is 19.7 Å². The summed E-state index contributed by atoms with van der Waals surface area (Å²) in [5, 5.41) is 16.1. The quantitative estimate of drug-likeness (QED) is 0.262. The van der Waals surface area contributed by atoms with E-state index in [1.807, 2.05) is 44.2 Å². The van der Waals surface area contributed by atoms with Gasteiger partial charge in [-0.05, 0) is 55.8 Å². The van der Waals surface area contributed by atoms with E-state index in [4.69, 9.17) is 0 Å². The van der Waals surface area contributed by atoms with Gasteiger partial charge < -0.3 is 10.6 Å². The Morgan fingerprint density at radius 3 is 2.28 bits per heavy atom. The predicted molar refractivity (Wildman–Crippen MR) is 127 cm³/mol. The Balaban J connectivity index is 1.64. The number of amides is 2. The summed E-state index contributed by atoms with van der Waals surface area (Å²) in [6, 6.07) is 20.4. The molecule has 0 aliphatic rings. The van der Waals surface area contributed by atoms with E-state index < -0.39 is 4.92 Å². The van der Waals surface area contributed by atoms with Crippen molar-refractivity contribution in [1.82, 2.24) is 0 Å². The number of carbonyl (C=O) groups excluding carboxylic acids is 2. The van der Waals surface area contributed by atoms with Crippen LogP contribution in [0.15, 0.2) is 77.7 Å². The van der Waals surface area contributed by atoms with Crippen LogP contribution in [0.1, 0.15) is 29.3 Å². The normalized spacial score (nSPS) is 11.4. The number of aryl methyl sites for hydroxylation is 1. The Labute approximate surface area is 190 Å². The number of hydrogen-bond donors (Lipinski definition) is 2. The van der Waals surface area contributed by atoms with Crippen LogP contribution in [0, 0.1) is 17.0 Å². The number of thioether (sulfide) groups is 1. The van der Waals surface area contributed by atoms with Gasteiger partial charge in [-0.3, -0.25) is 19.7 Å². The number of hydrogen-bond acceptors (Lipinski definition) is 5. The van der Waals surface area contributed by atoms with Gasteiger partial charge in [0.05, 0.1) is 10.2 Å².